The second-order valence-electron chi connectivity index (χ2n) is 7.66. The van der Waals surface area contributed by atoms with Gasteiger partial charge in [0.25, 0.3) is 11.7 Å². The van der Waals surface area contributed by atoms with Crippen LogP contribution < -0.4 is 4.90 Å². The number of halogens is 1. The van der Waals surface area contributed by atoms with Crippen molar-refractivity contribution >= 4 is 33.9 Å². The van der Waals surface area contributed by atoms with Gasteiger partial charge in [0.2, 0.25) is 0 Å². The van der Waals surface area contributed by atoms with E-state index in [0.29, 0.717) is 22.8 Å². The average molecular weight is 427 g/mol. The third kappa shape index (κ3) is 3.17. The Morgan fingerprint density at radius 1 is 0.938 bits per heavy atom. The van der Waals surface area contributed by atoms with E-state index < -0.39 is 23.5 Å². The quantitative estimate of drug-likeness (QED) is 0.266. The molecule has 1 unspecified atom stereocenters. The maximum atomic E-state index is 13.5. The van der Waals surface area contributed by atoms with Crippen molar-refractivity contribution in [3.63, 3.8) is 0 Å². The van der Waals surface area contributed by atoms with Gasteiger partial charge in [-0.05, 0) is 60.2 Å². The highest BCUT2D eigenvalue weighted by Gasteiger charge is 2.48. The number of aryl methyl sites for hydroxylation is 1. The first-order valence-corrected chi connectivity index (χ1v) is 10.1. The number of furan rings is 1. The molecule has 1 fully saturated rings. The lowest BCUT2D eigenvalue weighted by molar-refractivity contribution is -0.132. The minimum atomic E-state index is -0.986. The standard InChI is InChI=1S/C26H18FNO4/c1-15-6-13-21(32-15)23-22(24(29)18-8-7-16-4-2-3-5-17(16)14-18)25(30)26(31)28(23)20-11-9-19(27)10-12-20/h2-14,23,29H,1H3/b24-22-. The molecule has 0 bridgehead atoms. The molecule has 1 aromatic heterocycles. The summed E-state index contributed by atoms with van der Waals surface area (Å²) < 4.78 is 19.2. The predicted octanol–water partition coefficient (Wildman–Crippen LogP) is 5.51. The van der Waals surface area contributed by atoms with Crippen LogP contribution >= 0.6 is 0 Å². The van der Waals surface area contributed by atoms with E-state index in [1.807, 2.05) is 30.3 Å². The zero-order valence-electron chi connectivity index (χ0n) is 17.1. The highest BCUT2D eigenvalue weighted by atomic mass is 19.1. The number of hydrogen-bond acceptors (Lipinski definition) is 4. The minimum Gasteiger partial charge on any atom is -0.507 e. The topological polar surface area (TPSA) is 70.8 Å². The molecule has 0 radical (unpaired) electrons. The van der Waals surface area contributed by atoms with Gasteiger partial charge < -0.3 is 9.52 Å². The van der Waals surface area contributed by atoms with Crippen LogP contribution in [0.4, 0.5) is 10.1 Å². The number of anilines is 1. The zero-order chi connectivity index (χ0) is 22.4. The van der Waals surface area contributed by atoms with Crippen molar-refractivity contribution in [3.05, 3.63) is 107 Å². The number of carbonyl (C=O) groups is 2. The Labute approximate surface area is 183 Å². The fraction of sp³-hybridized carbons (Fsp3) is 0.0769. The molecule has 1 saturated heterocycles. The molecule has 1 atom stereocenters. The first-order valence-electron chi connectivity index (χ1n) is 10.1. The van der Waals surface area contributed by atoms with E-state index in [2.05, 4.69) is 0 Å². The molecule has 2 heterocycles. The first kappa shape index (κ1) is 19.8. The molecule has 1 aliphatic rings. The second-order valence-corrected chi connectivity index (χ2v) is 7.66. The Balaban J connectivity index is 1.72. The number of rotatable bonds is 3. The number of amides is 1. The maximum absolute atomic E-state index is 13.5. The summed E-state index contributed by atoms with van der Waals surface area (Å²) in [6.07, 6.45) is 0. The minimum absolute atomic E-state index is 0.0797. The summed E-state index contributed by atoms with van der Waals surface area (Å²) in [5, 5.41) is 13.1. The van der Waals surface area contributed by atoms with Gasteiger partial charge in [-0.15, -0.1) is 0 Å². The monoisotopic (exact) mass is 427 g/mol. The lowest BCUT2D eigenvalue weighted by Gasteiger charge is -2.23. The van der Waals surface area contributed by atoms with Crippen molar-refractivity contribution in [2.75, 3.05) is 4.90 Å². The summed E-state index contributed by atoms with van der Waals surface area (Å²) in [5.41, 5.74) is 0.656. The Morgan fingerprint density at radius 3 is 2.34 bits per heavy atom. The van der Waals surface area contributed by atoms with Crippen molar-refractivity contribution in [2.24, 2.45) is 0 Å². The number of Topliss-reactive ketones (excluding diaryl/α,β-unsaturated/α-hetero) is 1. The van der Waals surface area contributed by atoms with Crippen LogP contribution in [0.5, 0.6) is 0 Å². The fourth-order valence-electron chi connectivity index (χ4n) is 4.06. The van der Waals surface area contributed by atoms with Crippen LogP contribution in [0.15, 0.2) is 88.9 Å². The largest absolute Gasteiger partial charge is 0.507 e. The van der Waals surface area contributed by atoms with Crippen molar-refractivity contribution < 1.29 is 23.5 Å². The number of ketones is 1. The van der Waals surface area contributed by atoms with E-state index in [9.17, 15) is 19.1 Å². The zero-order valence-corrected chi connectivity index (χ0v) is 17.1. The molecule has 4 aromatic rings. The van der Waals surface area contributed by atoms with Crippen LogP contribution in [0.25, 0.3) is 16.5 Å². The van der Waals surface area contributed by atoms with E-state index in [1.165, 1.54) is 29.2 Å². The summed E-state index contributed by atoms with van der Waals surface area (Å²) in [4.78, 5) is 27.4. The molecule has 0 saturated carbocycles. The maximum Gasteiger partial charge on any atom is 0.300 e. The smallest absolute Gasteiger partial charge is 0.300 e. The van der Waals surface area contributed by atoms with Gasteiger partial charge in [0, 0.05) is 11.3 Å². The molecule has 1 N–H and O–H groups in total. The summed E-state index contributed by atoms with van der Waals surface area (Å²) in [5.74, 6) is -1.49. The molecule has 1 amide bonds. The van der Waals surface area contributed by atoms with Gasteiger partial charge in [-0.1, -0.05) is 36.4 Å². The van der Waals surface area contributed by atoms with Crippen molar-refractivity contribution in [2.45, 2.75) is 13.0 Å². The number of nitrogens with zero attached hydrogens (tertiary/aromatic N) is 1. The normalized spacial score (nSPS) is 17.9. The van der Waals surface area contributed by atoms with Crippen molar-refractivity contribution in [1.29, 1.82) is 0 Å². The number of fused-ring (bicyclic) bond motifs is 1. The number of benzene rings is 3. The Kier molecular flexibility index (Phi) is 4.63. The molecule has 3 aromatic carbocycles. The highest BCUT2D eigenvalue weighted by Crippen LogP contribution is 2.42. The van der Waals surface area contributed by atoms with Crippen LogP contribution in [0.1, 0.15) is 23.1 Å². The summed E-state index contributed by atoms with van der Waals surface area (Å²) in [6, 6.07) is 20.6. The van der Waals surface area contributed by atoms with Gasteiger partial charge in [0.1, 0.15) is 29.1 Å². The molecule has 5 rings (SSSR count). The van der Waals surface area contributed by atoms with E-state index in [0.717, 1.165) is 10.8 Å². The van der Waals surface area contributed by atoms with Crippen LogP contribution in [0.3, 0.4) is 0 Å². The summed E-state index contributed by atoms with van der Waals surface area (Å²) >= 11 is 0. The number of aliphatic hydroxyl groups is 1. The van der Waals surface area contributed by atoms with Gasteiger partial charge in [0.05, 0.1) is 5.57 Å². The Morgan fingerprint density at radius 2 is 1.66 bits per heavy atom. The molecule has 158 valence electrons. The highest BCUT2D eigenvalue weighted by molar-refractivity contribution is 6.51. The Hall–Kier alpha value is -4.19. The number of carbonyl (C=O) groups excluding carboxylic acids is 2. The van der Waals surface area contributed by atoms with Crippen molar-refractivity contribution in [3.8, 4) is 0 Å². The van der Waals surface area contributed by atoms with Crippen LogP contribution in [-0.4, -0.2) is 16.8 Å². The number of aliphatic hydroxyl groups excluding tert-OH is 1. The molecule has 32 heavy (non-hydrogen) atoms. The average Bonchev–Trinajstić information content (AvgIpc) is 3.34. The van der Waals surface area contributed by atoms with Crippen molar-refractivity contribution in [1.82, 2.24) is 0 Å². The SMILES string of the molecule is Cc1ccc(C2/C(=C(/O)c3ccc4ccccc4c3)C(=O)C(=O)N2c2ccc(F)cc2)o1. The summed E-state index contributed by atoms with van der Waals surface area (Å²) in [6.45, 7) is 1.75. The van der Waals surface area contributed by atoms with E-state index in [1.54, 1.807) is 31.2 Å². The van der Waals surface area contributed by atoms with Gasteiger partial charge in [-0.3, -0.25) is 14.5 Å². The van der Waals surface area contributed by atoms with Gasteiger partial charge in [0.15, 0.2) is 0 Å². The summed E-state index contributed by atoms with van der Waals surface area (Å²) in [7, 11) is 0. The van der Waals surface area contributed by atoms with Crippen LogP contribution in [0, 0.1) is 12.7 Å². The molecule has 1 aliphatic heterocycles. The van der Waals surface area contributed by atoms with Gasteiger partial charge in [-0.2, -0.15) is 0 Å². The second kappa shape index (κ2) is 7.50. The first-order chi connectivity index (χ1) is 15.4. The molecule has 0 spiro atoms. The van der Waals surface area contributed by atoms with E-state index in [4.69, 9.17) is 4.42 Å². The molecule has 0 aliphatic carbocycles. The van der Waals surface area contributed by atoms with E-state index >= 15 is 0 Å². The third-order valence-corrected chi connectivity index (χ3v) is 5.60. The molecule has 5 nitrogen and oxygen atoms in total. The number of hydrogen-bond donors (Lipinski definition) is 1. The van der Waals surface area contributed by atoms with E-state index in [-0.39, 0.29) is 11.3 Å². The van der Waals surface area contributed by atoms with Crippen LogP contribution in [0.2, 0.25) is 0 Å². The van der Waals surface area contributed by atoms with Crippen LogP contribution in [-0.2, 0) is 9.59 Å². The molecule has 6 heteroatoms. The lowest BCUT2D eigenvalue weighted by atomic mass is 9.97. The fourth-order valence-corrected chi connectivity index (χ4v) is 4.06. The lowest BCUT2D eigenvalue weighted by Crippen LogP contribution is -2.29. The predicted molar refractivity (Wildman–Crippen MR) is 119 cm³/mol. The van der Waals surface area contributed by atoms with Gasteiger partial charge in [-0.25, -0.2) is 4.39 Å². The third-order valence-electron chi connectivity index (χ3n) is 5.60. The molecular weight excluding hydrogens is 409 g/mol. The Bertz CT molecular complexity index is 1400. The molecular formula is C26H18FNO4. The van der Waals surface area contributed by atoms with Gasteiger partial charge >= 0.3 is 0 Å².